The number of carbonyl (C=O) groups excluding carboxylic acids is 1. The third-order valence-electron chi connectivity index (χ3n) is 2.53. The van der Waals surface area contributed by atoms with Gasteiger partial charge in [-0.3, -0.25) is 9.79 Å². The van der Waals surface area contributed by atoms with E-state index in [-0.39, 0.29) is 5.41 Å². The maximum Gasteiger partial charge on any atom is 0.138 e. The average molecular weight is 211 g/mol. The first-order valence-corrected chi connectivity index (χ1v) is 5.91. The zero-order valence-electron chi connectivity index (χ0n) is 10.8. The third-order valence-corrected chi connectivity index (χ3v) is 2.53. The van der Waals surface area contributed by atoms with Crippen LogP contribution in [0.4, 0.5) is 0 Å². The van der Waals surface area contributed by atoms with Crippen LogP contribution in [0.5, 0.6) is 0 Å². The molecule has 0 aliphatic heterocycles. The first kappa shape index (κ1) is 14.3. The summed E-state index contributed by atoms with van der Waals surface area (Å²) in [5, 5.41) is 0. The van der Waals surface area contributed by atoms with E-state index >= 15 is 0 Å². The van der Waals surface area contributed by atoms with Gasteiger partial charge in [-0.25, -0.2) is 0 Å². The Labute approximate surface area is 94.2 Å². The summed E-state index contributed by atoms with van der Waals surface area (Å²) in [5.41, 5.74) is -0.194. The zero-order valence-corrected chi connectivity index (χ0v) is 10.8. The fourth-order valence-corrected chi connectivity index (χ4v) is 1.07. The van der Waals surface area contributed by atoms with Crippen molar-refractivity contribution in [3.63, 3.8) is 0 Å². The Balaban J connectivity index is 3.64. The van der Waals surface area contributed by atoms with Gasteiger partial charge in [0.2, 0.25) is 0 Å². The standard InChI is InChI=1S/C13H25NO/c1-6-11(2)10-14-9-7-8-12(15)13(3,4)5/h10-11H,6-9H2,1-5H3. The lowest BCUT2D eigenvalue weighted by Crippen LogP contribution is -2.19. The van der Waals surface area contributed by atoms with Gasteiger partial charge in [0.1, 0.15) is 5.78 Å². The summed E-state index contributed by atoms with van der Waals surface area (Å²) in [7, 11) is 0. The maximum atomic E-state index is 11.6. The number of hydrogen-bond acceptors (Lipinski definition) is 2. The van der Waals surface area contributed by atoms with Crippen molar-refractivity contribution >= 4 is 12.0 Å². The molecule has 0 spiro atoms. The first-order valence-electron chi connectivity index (χ1n) is 5.91. The number of carbonyl (C=O) groups is 1. The van der Waals surface area contributed by atoms with Crippen molar-refractivity contribution in [3.05, 3.63) is 0 Å². The molecule has 0 rings (SSSR count). The van der Waals surface area contributed by atoms with Gasteiger partial charge < -0.3 is 0 Å². The summed E-state index contributed by atoms with van der Waals surface area (Å²) in [5.74, 6) is 0.893. The molecule has 2 nitrogen and oxygen atoms in total. The number of Topliss-reactive ketones (excluding diaryl/α,β-unsaturated/α-hetero) is 1. The average Bonchev–Trinajstić information content (AvgIpc) is 2.15. The molecule has 0 N–H and O–H groups in total. The lowest BCUT2D eigenvalue weighted by atomic mass is 9.88. The molecule has 0 amide bonds. The minimum atomic E-state index is -0.194. The molecule has 88 valence electrons. The Kier molecular flexibility index (Phi) is 6.46. The third kappa shape index (κ3) is 7.29. The van der Waals surface area contributed by atoms with Crippen molar-refractivity contribution in [2.24, 2.45) is 16.3 Å². The molecule has 0 aromatic carbocycles. The van der Waals surface area contributed by atoms with Crippen molar-refractivity contribution < 1.29 is 4.79 Å². The molecule has 0 aromatic heterocycles. The molecule has 0 radical (unpaired) electrons. The molecule has 0 saturated heterocycles. The van der Waals surface area contributed by atoms with Gasteiger partial charge in [0, 0.05) is 24.6 Å². The van der Waals surface area contributed by atoms with Gasteiger partial charge in [-0.1, -0.05) is 34.6 Å². The second-order valence-electron chi connectivity index (χ2n) is 5.22. The van der Waals surface area contributed by atoms with Crippen LogP contribution in [0.3, 0.4) is 0 Å². The number of aliphatic imine (C=N–C) groups is 1. The summed E-state index contributed by atoms with van der Waals surface area (Å²) in [6.45, 7) is 11.0. The molecular formula is C13H25NO. The Morgan fingerprint density at radius 1 is 1.40 bits per heavy atom. The molecule has 2 heteroatoms. The molecule has 0 bridgehead atoms. The lowest BCUT2D eigenvalue weighted by molar-refractivity contribution is -0.126. The molecule has 0 heterocycles. The van der Waals surface area contributed by atoms with E-state index in [1.807, 2.05) is 27.0 Å². The number of ketones is 1. The quantitative estimate of drug-likeness (QED) is 0.488. The van der Waals surface area contributed by atoms with E-state index in [1.165, 1.54) is 0 Å². The normalized spacial score (nSPS) is 14.5. The molecule has 15 heavy (non-hydrogen) atoms. The highest BCUT2D eigenvalue weighted by atomic mass is 16.1. The SMILES string of the molecule is CCC(C)C=NCCCC(=O)C(C)(C)C. The van der Waals surface area contributed by atoms with E-state index in [2.05, 4.69) is 18.8 Å². The van der Waals surface area contributed by atoms with Crippen molar-refractivity contribution in [3.8, 4) is 0 Å². The summed E-state index contributed by atoms with van der Waals surface area (Å²) in [6, 6.07) is 0. The Morgan fingerprint density at radius 3 is 2.47 bits per heavy atom. The van der Waals surface area contributed by atoms with E-state index in [0.717, 1.165) is 19.4 Å². The molecule has 0 fully saturated rings. The van der Waals surface area contributed by atoms with Crippen molar-refractivity contribution in [1.82, 2.24) is 0 Å². The van der Waals surface area contributed by atoms with Gasteiger partial charge in [-0.2, -0.15) is 0 Å². The second kappa shape index (κ2) is 6.76. The van der Waals surface area contributed by atoms with Crippen LogP contribution in [0.15, 0.2) is 4.99 Å². The van der Waals surface area contributed by atoms with Crippen LogP contribution in [-0.4, -0.2) is 18.5 Å². The highest BCUT2D eigenvalue weighted by molar-refractivity contribution is 5.83. The highest BCUT2D eigenvalue weighted by Gasteiger charge is 2.19. The summed E-state index contributed by atoms with van der Waals surface area (Å²) < 4.78 is 0. The van der Waals surface area contributed by atoms with E-state index < -0.39 is 0 Å². The topological polar surface area (TPSA) is 29.4 Å². The highest BCUT2D eigenvalue weighted by Crippen LogP contribution is 2.17. The van der Waals surface area contributed by atoms with Crippen LogP contribution in [0, 0.1) is 11.3 Å². The van der Waals surface area contributed by atoms with Gasteiger partial charge in [0.15, 0.2) is 0 Å². The van der Waals surface area contributed by atoms with Crippen LogP contribution in [0.25, 0.3) is 0 Å². The van der Waals surface area contributed by atoms with Gasteiger partial charge in [-0.05, 0) is 18.8 Å². The summed E-state index contributed by atoms with van der Waals surface area (Å²) in [4.78, 5) is 15.9. The second-order valence-corrected chi connectivity index (χ2v) is 5.22. The van der Waals surface area contributed by atoms with Crippen LogP contribution in [0.2, 0.25) is 0 Å². The lowest BCUT2D eigenvalue weighted by Gasteiger charge is -2.15. The van der Waals surface area contributed by atoms with E-state index in [0.29, 0.717) is 18.1 Å². The predicted octanol–water partition coefficient (Wildman–Crippen LogP) is 3.50. The minimum Gasteiger partial charge on any atom is -0.299 e. The van der Waals surface area contributed by atoms with Crippen LogP contribution in [-0.2, 0) is 4.79 Å². The van der Waals surface area contributed by atoms with Crippen LogP contribution >= 0.6 is 0 Å². The molecule has 0 saturated carbocycles. The predicted molar refractivity (Wildman–Crippen MR) is 66.5 cm³/mol. The number of rotatable bonds is 6. The van der Waals surface area contributed by atoms with Gasteiger partial charge in [0.25, 0.3) is 0 Å². The fourth-order valence-electron chi connectivity index (χ4n) is 1.07. The monoisotopic (exact) mass is 211 g/mol. The smallest absolute Gasteiger partial charge is 0.138 e. The zero-order chi connectivity index (χ0) is 11.9. The summed E-state index contributed by atoms with van der Waals surface area (Å²) in [6.07, 6.45) is 4.66. The van der Waals surface area contributed by atoms with Crippen molar-refractivity contribution in [2.75, 3.05) is 6.54 Å². The van der Waals surface area contributed by atoms with E-state index in [9.17, 15) is 4.79 Å². The molecule has 0 aliphatic carbocycles. The van der Waals surface area contributed by atoms with Crippen LogP contribution in [0.1, 0.15) is 53.9 Å². The molecule has 0 aromatic rings. The number of nitrogens with zero attached hydrogens (tertiary/aromatic N) is 1. The Bertz CT molecular complexity index is 213. The molecule has 1 unspecified atom stereocenters. The van der Waals surface area contributed by atoms with Gasteiger partial charge >= 0.3 is 0 Å². The van der Waals surface area contributed by atoms with E-state index in [4.69, 9.17) is 0 Å². The molecule has 0 aliphatic rings. The summed E-state index contributed by atoms with van der Waals surface area (Å²) >= 11 is 0. The molecular weight excluding hydrogens is 186 g/mol. The van der Waals surface area contributed by atoms with Crippen LogP contribution < -0.4 is 0 Å². The van der Waals surface area contributed by atoms with Gasteiger partial charge in [0.05, 0.1) is 0 Å². The Morgan fingerprint density at radius 2 is 2.00 bits per heavy atom. The van der Waals surface area contributed by atoms with Crippen molar-refractivity contribution in [2.45, 2.75) is 53.9 Å². The fraction of sp³-hybridized carbons (Fsp3) is 0.846. The first-order chi connectivity index (χ1) is 6.88. The maximum absolute atomic E-state index is 11.6. The number of hydrogen-bond donors (Lipinski definition) is 0. The minimum absolute atomic E-state index is 0.194. The molecule has 1 atom stereocenters. The largest absolute Gasteiger partial charge is 0.299 e. The van der Waals surface area contributed by atoms with Gasteiger partial charge in [-0.15, -0.1) is 0 Å². The van der Waals surface area contributed by atoms with Crippen molar-refractivity contribution in [1.29, 1.82) is 0 Å². The Hall–Kier alpha value is -0.660. The van der Waals surface area contributed by atoms with E-state index in [1.54, 1.807) is 0 Å².